The maximum absolute atomic E-state index is 12.0. The van der Waals surface area contributed by atoms with Gasteiger partial charge in [-0.2, -0.15) is 0 Å². The lowest BCUT2D eigenvalue weighted by Crippen LogP contribution is -2.38. The Balaban J connectivity index is 1.92. The number of hydrogen-bond donors (Lipinski definition) is 1. The van der Waals surface area contributed by atoms with Crippen molar-refractivity contribution < 1.29 is 9.59 Å². The second-order valence-corrected chi connectivity index (χ2v) is 4.60. The number of hydrogen-bond acceptors (Lipinski definition) is 2. The maximum Gasteiger partial charge on any atom is 0.232 e. The minimum absolute atomic E-state index is 0.0873. The van der Waals surface area contributed by atoms with Crippen LogP contribution in [0.15, 0.2) is 36.9 Å². The molecule has 100 valence electrons. The average molecular weight is 258 g/mol. The van der Waals surface area contributed by atoms with Gasteiger partial charge in [0.25, 0.3) is 0 Å². The first-order valence-electron chi connectivity index (χ1n) is 6.43. The Morgan fingerprint density at radius 3 is 2.79 bits per heavy atom. The zero-order valence-electron chi connectivity index (χ0n) is 10.9. The Kier molecular flexibility index (Phi) is 4.34. The smallest absolute Gasteiger partial charge is 0.232 e. The summed E-state index contributed by atoms with van der Waals surface area (Å²) in [5.41, 5.74) is 2.47. The van der Waals surface area contributed by atoms with Gasteiger partial charge in [0.15, 0.2) is 0 Å². The van der Waals surface area contributed by atoms with E-state index in [0.717, 1.165) is 6.42 Å². The van der Waals surface area contributed by atoms with Crippen molar-refractivity contribution in [3.8, 4) is 0 Å². The molecule has 1 N–H and O–H groups in total. The van der Waals surface area contributed by atoms with Gasteiger partial charge in [-0.25, -0.2) is 0 Å². The lowest BCUT2D eigenvalue weighted by Gasteiger charge is -2.28. The number of nitrogens with zero attached hydrogens (tertiary/aromatic N) is 1. The molecule has 0 aromatic heterocycles. The maximum atomic E-state index is 12.0. The highest BCUT2D eigenvalue weighted by atomic mass is 16.2. The van der Waals surface area contributed by atoms with Crippen molar-refractivity contribution in [1.29, 1.82) is 0 Å². The summed E-state index contributed by atoms with van der Waals surface area (Å²) in [6.07, 6.45) is 2.37. The van der Waals surface area contributed by atoms with E-state index in [-0.39, 0.29) is 18.2 Å². The third-order valence-electron chi connectivity index (χ3n) is 3.24. The van der Waals surface area contributed by atoms with Crippen LogP contribution in [0.25, 0.3) is 0 Å². The van der Waals surface area contributed by atoms with Gasteiger partial charge >= 0.3 is 0 Å². The van der Waals surface area contributed by atoms with Crippen LogP contribution in [0.5, 0.6) is 0 Å². The molecule has 0 radical (unpaired) electrons. The van der Waals surface area contributed by atoms with Gasteiger partial charge in [0, 0.05) is 19.6 Å². The van der Waals surface area contributed by atoms with Crippen LogP contribution in [0, 0.1) is 0 Å². The number of carbonyl (C=O) groups is 2. The molecule has 0 unspecified atom stereocenters. The topological polar surface area (TPSA) is 49.4 Å². The van der Waals surface area contributed by atoms with E-state index >= 15 is 0 Å². The average Bonchev–Trinajstić information content (AvgIpc) is 2.44. The predicted octanol–water partition coefficient (Wildman–Crippen LogP) is 1.26. The number of amides is 2. The molecule has 1 aliphatic heterocycles. The summed E-state index contributed by atoms with van der Waals surface area (Å²) in [5.74, 6) is -0.361. The fourth-order valence-corrected chi connectivity index (χ4v) is 2.21. The molecule has 0 aliphatic carbocycles. The third-order valence-corrected chi connectivity index (χ3v) is 3.24. The van der Waals surface area contributed by atoms with Gasteiger partial charge in [-0.1, -0.05) is 30.3 Å². The summed E-state index contributed by atoms with van der Waals surface area (Å²) in [4.78, 5) is 25.3. The first-order chi connectivity index (χ1) is 9.20. The fourth-order valence-electron chi connectivity index (χ4n) is 2.21. The molecule has 0 fully saturated rings. The van der Waals surface area contributed by atoms with E-state index in [4.69, 9.17) is 0 Å². The second-order valence-electron chi connectivity index (χ2n) is 4.60. The monoisotopic (exact) mass is 258 g/mol. The molecule has 2 amide bonds. The zero-order valence-corrected chi connectivity index (χ0v) is 10.9. The number of rotatable bonds is 4. The molecule has 4 heteroatoms. The highest BCUT2D eigenvalue weighted by Crippen LogP contribution is 2.18. The number of benzene rings is 1. The fraction of sp³-hybridized carbons (Fsp3) is 0.333. The van der Waals surface area contributed by atoms with Crippen LogP contribution in [0.2, 0.25) is 0 Å². The van der Waals surface area contributed by atoms with Crippen LogP contribution in [0.3, 0.4) is 0 Å². The van der Waals surface area contributed by atoms with Crippen LogP contribution < -0.4 is 5.32 Å². The van der Waals surface area contributed by atoms with E-state index in [2.05, 4.69) is 18.0 Å². The zero-order chi connectivity index (χ0) is 13.7. The first kappa shape index (κ1) is 13.3. The van der Waals surface area contributed by atoms with Gasteiger partial charge in [0.2, 0.25) is 11.8 Å². The van der Waals surface area contributed by atoms with Gasteiger partial charge in [-0.05, 0) is 17.5 Å². The summed E-state index contributed by atoms with van der Waals surface area (Å²) in [5, 5.41) is 2.62. The quantitative estimate of drug-likeness (QED) is 0.653. The summed E-state index contributed by atoms with van der Waals surface area (Å²) in [6.45, 7) is 5.20. The highest BCUT2D eigenvalue weighted by Gasteiger charge is 2.21. The van der Waals surface area contributed by atoms with Crippen molar-refractivity contribution in [2.24, 2.45) is 0 Å². The van der Waals surface area contributed by atoms with Crippen LogP contribution in [0.1, 0.15) is 17.5 Å². The molecule has 1 aromatic rings. The van der Waals surface area contributed by atoms with E-state index in [0.29, 0.717) is 19.6 Å². The summed E-state index contributed by atoms with van der Waals surface area (Å²) in [6, 6.07) is 8.11. The third kappa shape index (κ3) is 3.44. The van der Waals surface area contributed by atoms with Crippen LogP contribution >= 0.6 is 0 Å². The molecule has 0 saturated carbocycles. The van der Waals surface area contributed by atoms with Crippen LogP contribution in [-0.4, -0.2) is 29.8 Å². The van der Waals surface area contributed by atoms with E-state index in [1.54, 1.807) is 11.0 Å². The summed E-state index contributed by atoms with van der Waals surface area (Å²) >= 11 is 0. The minimum atomic E-state index is -0.247. The van der Waals surface area contributed by atoms with Gasteiger partial charge < -0.3 is 10.2 Å². The SMILES string of the molecule is C=CCNC(=O)CC(=O)N1CCc2ccccc2C1. The lowest BCUT2D eigenvalue weighted by atomic mass is 10.00. The molecule has 0 bridgehead atoms. The molecular formula is C15H18N2O2. The van der Waals surface area contributed by atoms with E-state index in [9.17, 15) is 9.59 Å². The van der Waals surface area contributed by atoms with Crippen molar-refractivity contribution in [3.05, 3.63) is 48.0 Å². The van der Waals surface area contributed by atoms with Crippen molar-refractivity contribution in [2.75, 3.05) is 13.1 Å². The molecular weight excluding hydrogens is 240 g/mol. The Labute approximate surface area is 113 Å². The van der Waals surface area contributed by atoms with Gasteiger partial charge in [0.05, 0.1) is 0 Å². The van der Waals surface area contributed by atoms with E-state index < -0.39 is 0 Å². The molecule has 2 rings (SSSR count). The molecule has 1 aliphatic rings. The van der Waals surface area contributed by atoms with Crippen molar-refractivity contribution in [1.82, 2.24) is 10.2 Å². The van der Waals surface area contributed by atoms with Crippen LogP contribution in [-0.2, 0) is 22.6 Å². The lowest BCUT2D eigenvalue weighted by molar-refractivity contribution is -0.136. The number of nitrogens with one attached hydrogen (secondary N) is 1. The predicted molar refractivity (Wildman–Crippen MR) is 73.4 cm³/mol. The molecule has 1 heterocycles. The second kappa shape index (κ2) is 6.18. The molecule has 0 atom stereocenters. The minimum Gasteiger partial charge on any atom is -0.352 e. The number of fused-ring (bicyclic) bond motifs is 1. The van der Waals surface area contributed by atoms with Crippen molar-refractivity contribution in [2.45, 2.75) is 19.4 Å². The molecule has 0 saturated heterocycles. The highest BCUT2D eigenvalue weighted by molar-refractivity contribution is 5.97. The molecule has 4 nitrogen and oxygen atoms in total. The van der Waals surface area contributed by atoms with Gasteiger partial charge in [-0.15, -0.1) is 6.58 Å². The molecule has 0 spiro atoms. The first-order valence-corrected chi connectivity index (χ1v) is 6.43. The van der Waals surface area contributed by atoms with Crippen molar-refractivity contribution in [3.63, 3.8) is 0 Å². The molecule has 19 heavy (non-hydrogen) atoms. The Morgan fingerprint density at radius 2 is 2.05 bits per heavy atom. The Morgan fingerprint density at radius 1 is 1.32 bits per heavy atom. The summed E-state index contributed by atoms with van der Waals surface area (Å²) < 4.78 is 0. The molecule has 1 aromatic carbocycles. The van der Waals surface area contributed by atoms with Gasteiger partial charge in [0.1, 0.15) is 6.42 Å². The Hall–Kier alpha value is -2.10. The van der Waals surface area contributed by atoms with E-state index in [1.165, 1.54) is 11.1 Å². The normalized spacial score (nSPS) is 13.6. The van der Waals surface area contributed by atoms with E-state index in [1.807, 2.05) is 18.2 Å². The van der Waals surface area contributed by atoms with Crippen LogP contribution in [0.4, 0.5) is 0 Å². The Bertz CT molecular complexity index is 497. The standard InChI is InChI=1S/C15H18N2O2/c1-2-8-16-14(18)10-15(19)17-9-7-12-5-3-4-6-13(12)11-17/h2-6H,1,7-11H2,(H,16,18). The number of carbonyl (C=O) groups excluding carboxylic acids is 2. The van der Waals surface area contributed by atoms with Gasteiger partial charge in [-0.3, -0.25) is 9.59 Å². The summed E-state index contributed by atoms with van der Waals surface area (Å²) in [7, 11) is 0. The largest absolute Gasteiger partial charge is 0.352 e. The van der Waals surface area contributed by atoms with Crippen molar-refractivity contribution >= 4 is 11.8 Å².